The van der Waals surface area contributed by atoms with Crippen molar-refractivity contribution in [2.24, 2.45) is 5.41 Å². The minimum absolute atomic E-state index is 0.101. The molecule has 2 atom stereocenters. The Morgan fingerprint density at radius 1 is 1.33 bits per heavy atom. The summed E-state index contributed by atoms with van der Waals surface area (Å²) in [6, 6.07) is 2.61. The Hall–Kier alpha value is -0.690. The average Bonchev–Trinajstić information content (AvgIpc) is 2.42. The van der Waals surface area contributed by atoms with Gasteiger partial charge in [0.15, 0.2) is 0 Å². The van der Waals surface area contributed by atoms with E-state index in [1.807, 2.05) is 16.7 Å². The highest BCUT2D eigenvalue weighted by Gasteiger charge is 2.44. The number of hydrogen-bond acceptors (Lipinski definition) is 3. The fraction of sp³-hybridized carbons (Fsp3) is 0.857. The molecule has 18 heavy (non-hydrogen) atoms. The molecule has 1 aliphatic carbocycles. The van der Waals surface area contributed by atoms with E-state index in [2.05, 4.69) is 19.9 Å². The Morgan fingerprint density at radius 2 is 2.00 bits per heavy atom. The van der Waals surface area contributed by atoms with E-state index >= 15 is 0 Å². The van der Waals surface area contributed by atoms with Crippen LogP contribution in [0.1, 0.15) is 46.0 Å². The number of carbonyl (C=O) groups excluding carboxylic acids is 1. The molecule has 0 unspecified atom stereocenters. The summed E-state index contributed by atoms with van der Waals surface area (Å²) in [6.07, 6.45) is 4.72. The minimum atomic E-state index is -0.714. The summed E-state index contributed by atoms with van der Waals surface area (Å²) in [7, 11) is 0. The normalized spacial score (nSPS) is 31.7. The van der Waals surface area contributed by atoms with Gasteiger partial charge in [-0.2, -0.15) is 17.0 Å². The van der Waals surface area contributed by atoms with Crippen molar-refractivity contribution in [2.45, 2.75) is 57.2 Å². The summed E-state index contributed by atoms with van der Waals surface area (Å²) in [5.74, 6) is 1.10. The third-order valence-corrected chi connectivity index (χ3v) is 5.81. The van der Waals surface area contributed by atoms with Crippen molar-refractivity contribution in [3.8, 4) is 6.07 Å². The molecule has 0 aromatic carbocycles. The lowest BCUT2D eigenvalue weighted by Crippen LogP contribution is -2.53. The van der Waals surface area contributed by atoms with E-state index in [4.69, 9.17) is 0 Å². The van der Waals surface area contributed by atoms with Crippen LogP contribution in [-0.4, -0.2) is 34.4 Å². The molecule has 0 radical (unpaired) electrons. The molecule has 0 aromatic rings. The van der Waals surface area contributed by atoms with Gasteiger partial charge in [0.05, 0.1) is 6.07 Å². The smallest absolute Gasteiger partial charge is 0.243 e. The maximum absolute atomic E-state index is 12.8. The number of thioether (sulfide) groups is 1. The number of amides is 1. The molecule has 2 rings (SSSR count). The number of carbonyl (C=O) groups is 1. The van der Waals surface area contributed by atoms with Crippen LogP contribution in [0.3, 0.4) is 0 Å². The van der Waals surface area contributed by atoms with Crippen LogP contribution in [0.15, 0.2) is 0 Å². The molecule has 3 nitrogen and oxygen atoms in total. The summed E-state index contributed by atoms with van der Waals surface area (Å²) >= 11 is 1.92. The average molecular weight is 266 g/mol. The van der Waals surface area contributed by atoms with E-state index in [-0.39, 0.29) is 11.9 Å². The summed E-state index contributed by atoms with van der Waals surface area (Å²) in [5, 5.41) is 9.97. The van der Waals surface area contributed by atoms with Crippen LogP contribution in [0.5, 0.6) is 0 Å². The zero-order valence-electron chi connectivity index (χ0n) is 11.3. The van der Waals surface area contributed by atoms with Crippen molar-refractivity contribution in [3.05, 3.63) is 0 Å². The maximum Gasteiger partial charge on any atom is 0.243 e. The first kappa shape index (κ1) is 13.7. The van der Waals surface area contributed by atoms with Crippen molar-refractivity contribution in [2.75, 3.05) is 12.3 Å². The molecule has 1 aliphatic heterocycles. The Labute approximate surface area is 114 Å². The fourth-order valence-corrected chi connectivity index (χ4v) is 4.12. The van der Waals surface area contributed by atoms with Gasteiger partial charge in [0.25, 0.3) is 0 Å². The molecular formula is C14H22N2OS. The van der Waals surface area contributed by atoms with Crippen molar-refractivity contribution < 1.29 is 4.79 Å². The largest absolute Gasteiger partial charge is 0.337 e. The summed E-state index contributed by atoms with van der Waals surface area (Å²) in [5.41, 5.74) is -0.714. The Morgan fingerprint density at radius 3 is 2.61 bits per heavy atom. The molecule has 1 amide bonds. The predicted molar refractivity (Wildman–Crippen MR) is 74.2 cm³/mol. The molecule has 4 heteroatoms. The monoisotopic (exact) mass is 266 g/mol. The van der Waals surface area contributed by atoms with Crippen molar-refractivity contribution in [1.29, 1.82) is 5.26 Å². The molecule has 0 spiro atoms. The fourth-order valence-electron chi connectivity index (χ4n) is 3.02. The number of hydrogen-bond donors (Lipinski definition) is 0. The molecule has 0 aromatic heterocycles. The van der Waals surface area contributed by atoms with Gasteiger partial charge in [0.2, 0.25) is 5.91 Å². The molecular weight excluding hydrogens is 244 g/mol. The third-order valence-electron chi connectivity index (χ3n) is 4.48. The molecule has 2 fully saturated rings. The van der Waals surface area contributed by atoms with Crippen LogP contribution >= 0.6 is 11.8 Å². The van der Waals surface area contributed by atoms with Gasteiger partial charge in [-0.3, -0.25) is 4.79 Å². The lowest BCUT2D eigenvalue weighted by molar-refractivity contribution is -0.142. The number of nitrogens with zero attached hydrogens (tertiary/aromatic N) is 2. The Bertz CT molecular complexity index is 357. The van der Waals surface area contributed by atoms with Crippen LogP contribution in [0, 0.1) is 16.7 Å². The van der Waals surface area contributed by atoms with Gasteiger partial charge >= 0.3 is 0 Å². The van der Waals surface area contributed by atoms with Crippen LogP contribution in [-0.2, 0) is 4.79 Å². The second-order valence-electron chi connectivity index (χ2n) is 5.57. The minimum Gasteiger partial charge on any atom is -0.337 e. The second kappa shape index (κ2) is 5.52. The molecule has 0 bridgehead atoms. The van der Waals surface area contributed by atoms with Gasteiger partial charge < -0.3 is 4.90 Å². The Balaban J connectivity index is 2.16. The summed E-state index contributed by atoms with van der Waals surface area (Å²) < 4.78 is 0. The first-order chi connectivity index (χ1) is 8.60. The van der Waals surface area contributed by atoms with Gasteiger partial charge in [0, 0.05) is 23.6 Å². The zero-order chi connectivity index (χ0) is 13.2. The lowest BCUT2D eigenvalue weighted by atomic mass is 9.74. The quantitative estimate of drug-likeness (QED) is 0.733. The lowest BCUT2D eigenvalue weighted by Gasteiger charge is -2.42. The van der Waals surface area contributed by atoms with Gasteiger partial charge in [-0.15, -0.1) is 0 Å². The van der Waals surface area contributed by atoms with E-state index in [9.17, 15) is 10.1 Å². The molecule has 0 N–H and O–H groups in total. The van der Waals surface area contributed by atoms with Gasteiger partial charge in [-0.05, 0) is 19.8 Å². The highest BCUT2D eigenvalue weighted by Crippen LogP contribution is 2.39. The third kappa shape index (κ3) is 2.38. The number of nitriles is 1. The SMILES string of the molecule is C[C@H]1SCCN(C(=O)C2(C#N)CCCCC2)[C@H]1C. The van der Waals surface area contributed by atoms with Crippen molar-refractivity contribution in [3.63, 3.8) is 0 Å². The van der Waals surface area contributed by atoms with Crippen LogP contribution in [0.4, 0.5) is 0 Å². The summed E-state index contributed by atoms with van der Waals surface area (Å²) in [4.78, 5) is 14.7. The van der Waals surface area contributed by atoms with Gasteiger partial charge in [0.1, 0.15) is 5.41 Å². The van der Waals surface area contributed by atoms with E-state index in [0.29, 0.717) is 5.25 Å². The summed E-state index contributed by atoms with van der Waals surface area (Å²) in [6.45, 7) is 5.09. The maximum atomic E-state index is 12.8. The predicted octanol–water partition coefficient (Wildman–Crippen LogP) is 2.81. The van der Waals surface area contributed by atoms with Crippen LogP contribution in [0.2, 0.25) is 0 Å². The van der Waals surface area contributed by atoms with Crippen molar-refractivity contribution >= 4 is 17.7 Å². The molecule has 1 saturated heterocycles. The van der Waals surface area contributed by atoms with E-state index in [0.717, 1.165) is 38.0 Å². The van der Waals surface area contributed by atoms with Crippen LogP contribution in [0.25, 0.3) is 0 Å². The zero-order valence-corrected chi connectivity index (χ0v) is 12.1. The van der Waals surface area contributed by atoms with Crippen molar-refractivity contribution in [1.82, 2.24) is 4.90 Å². The first-order valence-corrected chi connectivity index (χ1v) is 7.99. The standard InChI is InChI=1S/C14H22N2OS/c1-11-12(2)18-9-8-16(11)13(17)14(10-15)6-4-3-5-7-14/h11-12H,3-9H2,1-2H3/t11-,12+/m0/s1. The van der Waals surface area contributed by atoms with E-state index < -0.39 is 5.41 Å². The van der Waals surface area contributed by atoms with Gasteiger partial charge in [-0.1, -0.05) is 26.2 Å². The topological polar surface area (TPSA) is 44.1 Å². The van der Waals surface area contributed by atoms with E-state index in [1.54, 1.807) is 0 Å². The van der Waals surface area contributed by atoms with Gasteiger partial charge in [-0.25, -0.2) is 0 Å². The number of rotatable bonds is 1. The molecule has 1 heterocycles. The molecule has 2 aliphatic rings. The van der Waals surface area contributed by atoms with Crippen LogP contribution < -0.4 is 0 Å². The van der Waals surface area contributed by atoms with E-state index in [1.165, 1.54) is 6.42 Å². The Kier molecular flexibility index (Phi) is 4.21. The first-order valence-electron chi connectivity index (χ1n) is 6.95. The molecule has 1 saturated carbocycles. The highest BCUT2D eigenvalue weighted by atomic mass is 32.2. The second-order valence-corrected chi connectivity index (χ2v) is 7.05. The molecule has 100 valence electrons. The highest BCUT2D eigenvalue weighted by molar-refractivity contribution is 8.00.